The first kappa shape index (κ1) is 5.96. The highest BCUT2D eigenvalue weighted by atomic mass is 16.5. The van der Waals surface area contributed by atoms with Gasteiger partial charge in [0.05, 0.1) is 13.2 Å². The molecule has 0 aromatic rings. The predicted molar refractivity (Wildman–Crippen MR) is 21.9 cm³/mol. The van der Waals surface area contributed by atoms with E-state index in [1.165, 1.54) is 13.2 Å². The van der Waals surface area contributed by atoms with Gasteiger partial charge in [-0.25, -0.2) is 0 Å². The fourth-order valence-corrected chi connectivity index (χ4v) is 0.112. The van der Waals surface area contributed by atoms with Gasteiger partial charge < -0.3 is 4.74 Å². The van der Waals surface area contributed by atoms with Gasteiger partial charge in [0.15, 0.2) is 6.42 Å². The standard InChI is InChI=1S/C4H4NO2/c1-7-4(6)2-3-5/h2H,1H3. The lowest BCUT2D eigenvalue weighted by Gasteiger charge is -1.85. The molecule has 0 N–H and O–H groups in total. The minimum Gasteiger partial charge on any atom is -0.468 e. The van der Waals surface area contributed by atoms with Crippen molar-refractivity contribution in [2.45, 2.75) is 0 Å². The number of carbonyl (C=O) groups excluding carboxylic acids is 1. The van der Waals surface area contributed by atoms with E-state index in [1.807, 2.05) is 0 Å². The molecule has 3 nitrogen and oxygen atoms in total. The molecule has 7 heavy (non-hydrogen) atoms. The molecule has 0 atom stereocenters. The van der Waals surface area contributed by atoms with Gasteiger partial charge in [-0.2, -0.15) is 5.26 Å². The van der Waals surface area contributed by atoms with E-state index in [0.29, 0.717) is 0 Å². The second kappa shape index (κ2) is 3.16. The van der Waals surface area contributed by atoms with Crippen LogP contribution in [0.15, 0.2) is 0 Å². The molecule has 0 amide bonds. The summed E-state index contributed by atoms with van der Waals surface area (Å²) >= 11 is 0. The highest BCUT2D eigenvalue weighted by Crippen LogP contribution is 1.75. The second-order valence-electron chi connectivity index (χ2n) is 0.797. The Kier molecular flexibility index (Phi) is 2.69. The molecule has 0 rings (SSSR count). The number of rotatable bonds is 1. The lowest BCUT2D eigenvalue weighted by molar-refractivity contribution is -0.136. The van der Waals surface area contributed by atoms with Gasteiger partial charge in [-0.1, -0.05) is 0 Å². The number of hydrogen-bond donors (Lipinski definition) is 0. The number of methoxy groups -OCH3 is 1. The van der Waals surface area contributed by atoms with Gasteiger partial charge in [0, 0.05) is 0 Å². The maximum absolute atomic E-state index is 9.91. The Labute approximate surface area is 41.5 Å². The third-order valence-corrected chi connectivity index (χ3v) is 0.384. The predicted octanol–water partition coefficient (Wildman–Crippen LogP) is -0.113. The minimum atomic E-state index is -0.609. The van der Waals surface area contributed by atoms with Crippen molar-refractivity contribution in [2.75, 3.05) is 7.11 Å². The highest BCUT2D eigenvalue weighted by molar-refractivity contribution is 5.81. The summed E-state index contributed by atoms with van der Waals surface area (Å²) in [5, 5.41) is 7.76. The number of ether oxygens (including phenoxy) is 1. The molecule has 37 valence electrons. The quantitative estimate of drug-likeness (QED) is 0.430. The van der Waals surface area contributed by atoms with Crippen LogP contribution in [0.3, 0.4) is 0 Å². The fourth-order valence-electron chi connectivity index (χ4n) is 0.112. The van der Waals surface area contributed by atoms with Crippen molar-refractivity contribution in [3.8, 4) is 6.07 Å². The van der Waals surface area contributed by atoms with Crippen LogP contribution in [-0.4, -0.2) is 13.1 Å². The Hall–Kier alpha value is -1.04. The lowest BCUT2D eigenvalue weighted by atomic mass is 10.5. The lowest BCUT2D eigenvalue weighted by Crippen LogP contribution is -1.97. The molecule has 0 spiro atoms. The normalized spacial score (nSPS) is 6.86. The summed E-state index contributed by atoms with van der Waals surface area (Å²) in [7, 11) is 1.22. The van der Waals surface area contributed by atoms with Crippen molar-refractivity contribution in [2.24, 2.45) is 0 Å². The Bertz CT molecular complexity index is 103. The average Bonchev–Trinajstić information content (AvgIpc) is 1.68. The van der Waals surface area contributed by atoms with E-state index in [1.54, 1.807) is 0 Å². The van der Waals surface area contributed by atoms with Crippen LogP contribution in [0.5, 0.6) is 0 Å². The third-order valence-electron chi connectivity index (χ3n) is 0.384. The summed E-state index contributed by atoms with van der Waals surface area (Å²) in [4.78, 5) is 9.91. The van der Waals surface area contributed by atoms with E-state index < -0.39 is 5.97 Å². The number of nitrogens with zero attached hydrogens (tertiary/aromatic N) is 1. The van der Waals surface area contributed by atoms with E-state index in [9.17, 15) is 4.79 Å². The van der Waals surface area contributed by atoms with Gasteiger partial charge in [0.25, 0.3) is 0 Å². The molecule has 0 fully saturated rings. The van der Waals surface area contributed by atoms with Crippen LogP contribution in [-0.2, 0) is 9.53 Å². The van der Waals surface area contributed by atoms with Crippen LogP contribution in [0.1, 0.15) is 0 Å². The molecule has 0 saturated heterocycles. The average molecular weight is 98.1 g/mol. The molecule has 0 heterocycles. The molecule has 0 saturated carbocycles. The summed E-state index contributed by atoms with van der Waals surface area (Å²) in [5.74, 6) is -0.609. The van der Waals surface area contributed by atoms with Crippen LogP contribution in [0, 0.1) is 17.8 Å². The molecule has 1 radical (unpaired) electrons. The van der Waals surface area contributed by atoms with Crippen molar-refractivity contribution >= 4 is 5.97 Å². The Morgan fingerprint density at radius 3 is 2.71 bits per heavy atom. The Morgan fingerprint density at radius 2 is 2.57 bits per heavy atom. The molecule has 0 aromatic heterocycles. The summed E-state index contributed by atoms with van der Waals surface area (Å²) in [5.41, 5.74) is 0. The molecule has 0 aromatic carbocycles. The van der Waals surface area contributed by atoms with Gasteiger partial charge in [-0.05, 0) is 0 Å². The maximum atomic E-state index is 9.91. The zero-order valence-electron chi connectivity index (χ0n) is 3.84. The molecule has 0 aliphatic rings. The Morgan fingerprint density at radius 1 is 2.00 bits per heavy atom. The van der Waals surface area contributed by atoms with Gasteiger partial charge >= 0.3 is 5.97 Å². The van der Waals surface area contributed by atoms with Gasteiger partial charge in [-0.15, -0.1) is 0 Å². The number of nitriles is 1. The minimum absolute atomic E-state index is 0.609. The van der Waals surface area contributed by atoms with E-state index in [0.717, 1.165) is 6.42 Å². The smallest absolute Gasteiger partial charge is 0.325 e. The van der Waals surface area contributed by atoms with Crippen LogP contribution in [0.2, 0.25) is 0 Å². The SMILES string of the molecule is COC(=O)[CH]C#N. The van der Waals surface area contributed by atoms with Crippen LogP contribution >= 0.6 is 0 Å². The fraction of sp³-hybridized carbons (Fsp3) is 0.250. The van der Waals surface area contributed by atoms with Crippen molar-refractivity contribution in [1.82, 2.24) is 0 Å². The summed E-state index contributed by atoms with van der Waals surface area (Å²) < 4.78 is 4.07. The largest absolute Gasteiger partial charge is 0.468 e. The summed E-state index contributed by atoms with van der Waals surface area (Å²) in [6, 6.07) is 1.52. The first-order valence-electron chi connectivity index (χ1n) is 1.62. The van der Waals surface area contributed by atoms with E-state index in [4.69, 9.17) is 5.26 Å². The second-order valence-corrected chi connectivity index (χ2v) is 0.797. The van der Waals surface area contributed by atoms with Crippen molar-refractivity contribution in [1.29, 1.82) is 5.26 Å². The van der Waals surface area contributed by atoms with Crippen molar-refractivity contribution in [3.05, 3.63) is 6.42 Å². The topological polar surface area (TPSA) is 50.1 Å². The van der Waals surface area contributed by atoms with Crippen molar-refractivity contribution < 1.29 is 9.53 Å². The number of hydrogen-bond acceptors (Lipinski definition) is 3. The molecular formula is C4H4NO2. The molecule has 0 aliphatic carbocycles. The number of esters is 1. The maximum Gasteiger partial charge on any atom is 0.325 e. The van der Waals surface area contributed by atoms with E-state index in [-0.39, 0.29) is 0 Å². The van der Waals surface area contributed by atoms with E-state index >= 15 is 0 Å². The van der Waals surface area contributed by atoms with Crippen LogP contribution in [0.25, 0.3) is 0 Å². The molecule has 0 aliphatic heterocycles. The first-order valence-corrected chi connectivity index (χ1v) is 1.62. The monoisotopic (exact) mass is 98.0 g/mol. The van der Waals surface area contributed by atoms with Crippen LogP contribution in [0.4, 0.5) is 0 Å². The van der Waals surface area contributed by atoms with Gasteiger partial charge in [0.2, 0.25) is 0 Å². The highest BCUT2D eigenvalue weighted by Gasteiger charge is 1.94. The molecule has 0 unspecified atom stereocenters. The van der Waals surface area contributed by atoms with Crippen molar-refractivity contribution in [3.63, 3.8) is 0 Å². The molecular weight excluding hydrogens is 94.0 g/mol. The zero-order chi connectivity index (χ0) is 5.70. The van der Waals surface area contributed by atoms with Gasteiger partial charge in [-0.3, -0.25) is 4.79 Å². The first-order chi connectivity index (χ1) is 3.31. The molecule has 3 heteroatoms. The zero-order valence-corrected chi connectivity index (χ0v) is 3.84. The van der Waals surface area contributed by atoms with Gasteiger partial charge in [0.1, 0.15) is 0 Å². The van der Waals surface area contributed by atoms with Crippen LogP contribution < -0.4 is 0 Å². The van der Waals surface area contributed by atoms with E-state index in [2.05, 4.69) is 4.74 Å². The summed E-state index contributed by atoms with van der Waals surface area (Å²) in [6.07, 6.45) is 0.792. The Balaban J connectivity index is 3.23. The number of carbonyl (C=O) groups is 1. The third kappa shape index (κ3) is 2.77. The molecule has 0 bridgehead atoms. The summed E-state index contributed by atoms with van der Waals surface area (Å²) in [6.45, 7) is 0.